The van der Waals surface area contributed by atoms with E-state index in [2.05, 4.69) is 46.9 Å². The molecule has 0 unspecified atom stereocenters. The van der Waals surface area contributed by atoms with Crippen LogP contribution >= 0.6 is 0 Å². The summed E-state index contributed by atoms with van der Waals surface area (Å²) in [5.74, 6) is 0. The molecule has 1 heterocycles. The van der Waals surface area contributed by atoms with Gasteiger partial charge in [0.2, 0.25) is 0 Å². The summed E-state index contributed by atoms with van der Waals surface area (Å²) in [6.45, 7) is 24.2. The monoisotopic (exact) mass is 421 g/mol. The number of hydrogen-bond acceptors (Lipinski definition) is 5. The fourth-order valence-corrected chi connectivity index (χ4v) is 3.61. The van der Waals surface area contributed by atoms with E-state index in [4.69, 9.17) is 0 Å². The summed E-state index contributed by atoms with van der Waals surface area (Å²) >= 11 is 0. The van der Waals surface area contributed by atoms with E-state index < -0.39 is 0 Å². The van der Waals surface area contributed by atoms with Gasteiger partial charge in [0.15, 0.2) is 0 Å². The van der Waals surface area contributed by atoms with Gasteiger partial charge in [-0.2, -0.15) is 0 Å². The van der Waals surface area contributed by atoms with Gasteiger partial charge in [0, 0.05) is 78.4 Å². The average Bonchev–Trinajstić information content (AvgIpc) is 2.65. The SMILES string of the molecule is CC[N+](CC)(CC)CCCN1CCNCCNCCNCCNCC1.[64Cu+2]. The molecule has 7 heteroatoms. The third kappa shape index (κ3) is 11.9. The molecule has 0 amide bonds. The summed E-state index contributed by atoms with van der Waals surface area (Å²) in [5.41, 5.74) is 0. The molecule has 0 spiro atoms. The van der Waals surface area contributed by atoms with Crippen LogP contribution in [0.4, 0.5) is 0 Å². The molecule has 0 aliphatic carbocycles. The van der Waals surface area contributed by atoms with Gasteiger partial charge in [0.1, 0.15) is 0 Å². The van der Waals surface area contributed by atoms with E-state index in [1.807, 2.05) is 0 Å². The number of rotatable bonds is 7. The van der Waals surface area contributed by atoms with E-state index in [0.717, 1.165) is 65.4 Å². The van der Waals surface area contributed by atoms with Crippen LogP contribution in [0.1, 0.15) is 27.2 Å². The summed E-state index contributed by atoms with van der Waals surface area (Å²) in [5, 5.41) is 14.1. The van der Waals surface area contributed by atoms with Gasteiger partial charge in [-0.25, -0.2) is 0 Å². The van der Waals surface area contributed by atoms with Crippen molar-refractivity contribution >= 4 is 0 Å². The van der Waals surface area contributed by atoms with Gasteiger partial charge in [-0.1, -0.05) is 0 Å². The summed E-state index contributed by atoms with van der Waals surface area (Å²) in [7, 11) is 0. The normalized spacial score (nSPS) is 20.0. The van der Waals surface area contributed by atoms with Gasteiger partial charge in [0.25, 0.3) is 0 Å². The smallest absolute Gasteiger partial charge is 0.324 e. The maximum absolute atomic E-state index is 3.58. The van der Waals surface area contributed by atoms with Crippen molar-refractivity contribution in [1.29, 1.82) is 0 Å². The Labute approximate surface area is 173 Å². The van der Waals surface area contributed by atoms with Crippen molar-refractivity contribution in [1.82, 2.24) is 26.2 Å². The van der Waals surface area contributed by atoms with Crippen molar-refractivity contribution < 1.29 is 21.6 Å². The molecule has 1 aliphatic heterocycles. The largest absolute Gasteiger partial charge is 2.00 e. The number of nitrogens with zero attached hydrogens (tertiary/aromatic N) is 2. The Morgan fingerprint density at radius 1 is 0.654 bits per heavy atom. The summed E-state index contributed by atoms with van der Waals surface area (Å²) < 4.78 is 1.27. The molecule has 1 fully saturated rings. The van der Waals surface area contributed by atoms with E-state index in [1.54, 1.807) is 0 Å². The number of nitrogens with one attached hydrogen (secondary N) is 4. The van der Waals surface area contributed by atoms with Gasteiger partial charge in [-0.3, -0.25) is 0 Å². The van der Waals surface area contributed by atoms with Crippen molar-refractivity contribution in [2.24, 2.45) is 0 Å². The van der Waals surface area contributed by atoms with Crippen LogP contribution < -0.4 is 21.3 Å². The molecule has 1 radical (unpaired) electrons. The second-order valence-corrected chi connectivity index (χ2v) is 7.21. The summed E-state index contributed by atoms with van der Waals surface area (Å²) in [6, 6.07) is 0. The predicted molar refractivity (Wildman–Crippen MR) is 109 cm³/mol. The fourth-order valence-electron chi connectivity index (χ4n) is 3.61. The average molecular weight is 422 g/mol. The maximum Gasteiger partial charge on any atom is 2.00 e. The van der Waals surface area contributed by atoms with Gasteiger partial charge >= 0.3 is 17.1 Å². The minimum absolute atomic E-state index is 0. The molecular formula is C19H45CuN6+3. The van der Waals surface area contributed by atoms with Crippen LogP contribution in [0, 0.1) is 0 Å². The molecule has 1 saturated heterocycles. The Bertz CT molecular complexity index is 277. The van der Waals surface area contributed by atoms with E-state index in [0.29, 0.717) is 0 Å². The van der Waals surface area contributed by atoms with Crippen LogP contribution in [0.15, 0.2) is 0 Å². The van der Waals surface area contributed by atoms with Crippen LogP contribution in [0.2, 0.25) is 0 Å². The van der Waals surface area contributed by atoms with Crippen molar-refractivity contribution in [3.05, 3.63) is 0 Å². The molecule has 6 nitrogen and oxygen atoms in total. The second kappa shape index (κ2) is 17.4. The predicted octanol–water partition coefficient (Wildman–Crippen LogP) is -0.0755. The third-order valence-electron chi connectivity index (χ3n) is 5.76. The van der Waals surface area contributed by atoms with Gasteiger partial charge in [0.05, 0.1) is 26.2 Å². The van der Waals surface area contributed by atoms with E-state index in [-0.39, 0.29) is 17.1 Å². The third-order valence-corrected chi connectivity index (χ3v) is 5.76. The Morgan fingerprint density at radius 2 is 1.04 bits per heavy atom. The zero-order valence-electron chi connectivity index (χ0n) is 17.5. The summed E-state index contributed by atoms with van der Waals surface area (Å²) in [4.78, 5) is 2.64. The second-order valence-electron chi connectivity index (χ2n) is 7.21. The first-order valence-electron chi connectivity index (χ1n) is 10.7. The van der Waals surface area contributed by atoms with Gasteiger partial charge < -0.3 is 30.7 Å². The summed E-state index contributed by atoms with van der Waals surface area (Å²) in [6.07, 6.45) is 1.30. The molecule has 0 atom stereocenters. The van der Waals surface area contributed by atoms with Crippen LogP contribution in [0.3, 0.4) is 0 Å². The first-order valence-corrected chi connectivity index (χ1v) is 10.7. The van der Waals surface area contributed by atoms with E-state index in [9.17, 15) is 0 Å². The fraction of sp³-hybridized carbons (Fsp3) is 1.00. The molecule has 0 saturated carbocycles. The van der Waals surface area contributed by atoms with E-state index >= 15 is 0 Å². The topological polar surface area (TPSA) is 51.4 Å². The Kier molecular flexibility index (Phi) is 17.6. The minimum Gasteiger partial charge on any atom is -0.324 e. The van der Waals surface area contributed by atoms with Crippen molar-refractivity contribution in [2.75, 3.05) is 98.2 Å². The Hall–Kier alpha value is 0.279. The van der Waals surface area contributed by atoms with Gasteiger partial charge in [-0.05, 0) is 20.8 Å². The molecule has 26 heavy (non-hydrogen) atoms. The molecule has 1 rings (SSSR count). The molecule has 0 aromatic heterocycles. The van der Waals surface area contributed by atoms with Crippen molar-refractivity contribution in [3.63, 3.8) is 0 Å². The molecule has 159 valence electrons. The van der Waals surface area contributed by atoms with Gasteiger partial charge in [-0.15, -0.1) is 0 Å². The Balaban J connectivity index is 0.00000625. The van der Waals surface area contributed by atoms with Crippen LogP contribution in [-0.4, -0.2) is 108 Å². The molecule has 0 aromatic carbocycles. The number of quaternary nitrogens is 1. The molecular weight excluding hydrogens is 376 g/mol. The van der Waals surface area contributed by atoms with Crippen molar-refractivity contribution in [3.8, 4) is 0 Å². The standard InChI is InChI=1S/C19H45N6.Cu/c1-4-25(5-2,6-3)19-7-16-24-17-14-22-12-10-20-8-9-21-11-13-23-15-18-24;/h20-23H,4-19H2,1-3H3;/q+1;+2/i;1+0. The molecule has 0 aromatic rings. The first-order chi connectivity index (χ1) is 12.3. The van der Waals surface area contributed by atoms with E-state index in [1.165, 1.54) is 43.6 Å². The van der Waals surface area contributed by atoms with Crippen LogP contribution in [-0.2, 0) is 17.1 Å². The maximum atomic E-state index is 3.58. The molecule has 0 bridgehead atoms. The number of hydrogen-bond donors (Lipinski definition) is 4. The van der Waals surface area contributed by atoms with Crippen molar-refractivity contribution in [2.45, 2.75) is 27.2 Å². The first kappa shape index (κ1) is 26.3. The molecule has 4 N–H and O–H groups in total. The molecule has 1 aliphatic rings. The minimum atomic E-state index is 0. The zero-order chi connectivity index (χ0) is 18.2. The zero-order valence-corrected chi connectivity index (χ0v) is 18.5. The van der Waals surface area contributed by atoms with Crippen LogP contribution in [0.25, 0.3) is 0 Å². The van der Waals surface area contributed by atoms with Crippen LogP contribution in [0.5, 0.6) is 0 Å². The quantitative estimate of drug-likeness (QED) is 0.343. The Morgan fingerprint density at radius 3 is 1.42 bits per heavy atom.